The topological polar surface area (TPSA) is 55.8 Å². The Kier molecular flexibility index (Phi) is 6.28. The van der Waals surface area contributed by atoms with Crippen molar-refractivity contribution in [3.05, 3.63) is 34.4 Å². The number of hydrogen-bond acceptors (Lipinski definition) is 4. The number of allylic oxidation sites excluding steroid dienone is 2. The minimum Gasteiger partial charge on any atom is -0.508 e. The third kappa shape index (κ3) is 4.52. The first-order valence-corrected chi connectivity index (χ1v) is 6.99. The van der Waals surface area contributed by atoms with Crippen molar-refractivity contribution in [2.75, 3.05) is 14.2 Å². The number of aromatic hydroxyl groups is 1. The van der Waals surface area contributed by atoms with Crippen LogP contribution in [0.4, 0.5) is 0 Å². The van der Waals surface area contributed by atoms with Crippen molar-refractivity contribution in [3.8, 4) is 11.5 Å². The molecule has 0 amide bonds. The molecule has 0 aliphatic heterocycles. The second-order valence-electron chi connectivity index (χ2n) is 5.17. The van der Waals surface area contributed by atoms with Crippen LogP contribution in [0.5, 0.6) is 11.5 Å². The average molecular weight is 292 g/mol. The molecule has 1 rings (SSSR count). The highest BCUT2D eigenvalue weighted by molar-refractivity contribution is 5.69. The van der Waals surface area contributed by atoms with E-state index in [1.54, 1.807) is 13.2 Å². The summed E-state index contributed by atoms with van der Waals surface area (Å²) >= 11 is 0. The Bertz CT molecular complexity index is 544. The second kappa shape index (κ2) is 7.72. The molecule has 0 aliphatic rings. The van der Waals surface area contributed by atoms with Crippen molar-refractivity contribution < 1.29 is 19.4 Å². The van der Waals surface area contributed by atoms with Crippen LogP contribution in [0.25, 0.3) is 0 Å². The van der Waals surface area contributed by atoms with E-state index in [0.717, 1.165) is 28.0 Å². The number of rotatable bonds is 6. The highest BCUT2D eigenvalue weighted by atomic mass is 16.5. The van der Waals surface area contributed by atoms with Gasteiger partial charge in [-0.2, -0.15) is 0 Å². The van der Waals surface area contributed by atoms with Gasteiger partial charge in [0, 0.05) is 12.0 Å². The van der Waals surface area contributed by atoms with Crippen LogP contribution in [-0.4, -0.2) is 25.3 Å². The summed E-state index contributed by atoms with van der Waals surface area (Å²) in [6.07, 6.45) is 3.76. The van der Waals surface area contributed by atoms with Gasteiger partial charge in [-0.25, -0.2) is 0 Å². The maximum atomic E-state index is 11.1. The smallest absolute Gasteiger partial charge is 0.305 e. The zero-order chi connectivity index (χ0) is 16.0. The van der Waals surface area contributed by atoms with Gasteiger partial charge in [-0.1, -0.05) is 11.6 Å². The van der Waals surface area contributed by atoms with Crippen LogP contribution in [0.2, 0.25) is 0 Å². The molecule has 116 valence electrons. The van der Waals surface area contributed by atoms with E-state index in [1.165, 1.54) is 7.11 Å². The Morgan fingerprint density at radius 3 is 2.48 bits per heavy atom. The van der Waals surface area contributed by atoms with Gasteiger partial charge in [0.25, 0.3) is 0 Å². The van der Waals surface area contributed by atoms with Gasteiger partial charge in [0.15, 0.2) is 0 Å². The maximum absolute atomic E-state index is 11.1. The lowest BCUT2D eigenvalue weighted by atomic mass is 9.99. The molecular weight excluding hydrogens is 268 g/mol. The molecule has 1 aromatic rings. The predicted molar refractivity (Wildman–Crippen MR) is 82.8 cm³/mol. The molecular formula is C17H24O4. The molecule has 4 heteroatoms. The minimum absolute atomic E-state index is 0.204. The van der Waals surface area contributed by atoms with E-state index in [9.17, 15) is 9.90 Å². The fourth-order valence-electron chi connectivity index (χ4n) is 2.17. The minimum atomic E-state index is -0.204. The number of phenols is 1. The number of methoxy groups -OCH3 is 2. The van der Waals surface area contributed by atoms with Crippen LogP contribution in [-0.2, 0) is 16.0 Å². The molecule has 0 saturated heterocycles. The summed E-state index contributed by atoms with van der Waals surface area (Å²) in [5, 5.41) is 9.94. The monoisotopic (exact) mass is 292 g/mol. The highest BCUT2D eigenvalue weighted by Gasteiger charge is 2.12. The Labute approximate surface area is 126 Å². The largest absolute Gasteiger partial charge is 0.508 e. The standard InChI is InChI=1S/C17H24O4/c1-11(7-9-16(19)20-4)6-8-14-10-15(18)12(2)13(3)17(14)21-5/h6,10,18H,7-9H2,1-5H3/b11-6+. The van der Waals surface area contributed by atoms with Crippen LogP contribution in [0.15, 0.2) is 17.7 Å². The molecule has 0 saturated carbocycles. The molecule has 21 heavy (non-hydrogen) atoms. The average Bonchev–Trinajstić information content (AvgIpc) is 2.48. The van der Waals surface area contributed by atoms with Crippen molar-refractivity contribution in [2.45, 2.75) is 40.0 Å². The van der Waals surface area contributed by atoms with Gasteiger partial charge in [0.2, 0.25) is 0 Å². The van der Waals surface area contributed by atoms with E-state index in [0.29, 0.717) is 19.3 Å². The molecule has 1 aromatic carbocycles. The number of carbonyl (C=O) groups is 1. The highest BCUT2D eigenvalue weighted by Crippen LogP contribution is 2.33. The first-order chi connectivity index (χ1) is 9.90. The second-order valence-corrected chi connectivity index (χ2v) is 5.17. The molecule has 0 atom stereocenters. The van der Waals surface area contributed by atoms with Gasteiger partial charge in [-0.15, -0.1) is 0 Å². The van der Waals surface area contributed by atoms with Crippen molar-refractivity contribution >= 4 is 5.97 Å². The molecule has 0 fully saturated rings. The normalized spacial score (nSPS) is 11.4. The van der Waals surface area contributed by atoms with Gasteiger partial charge in [-0.3, -0.25) is 4.79 Å². The lowest BCUT2D eigenvalue weighted by Crippen LogP contribution is -2.00. The number of benzene rings is 1. The van der Waals surface area contributed by atoms with Crippen molar-refractivity contribution in [1.29, 1.82) is 0 Å². The fourth-order valence-corrected chi connectivity index (χ4v) is 2.17. The Hall–Kier alpha value is -1.97. The third-order valence-electron chi connectivity index (χ3n) is 3.72. The summed E-state index contributed by atoms with van der Waals surface area (Å²) < 4.78 is 10.1. The molecule has 0 radical (unpaired) electrons. The summed E-state index contributed by atoms with van der Waals surface area (Å²) in [5.74, 6) is 0.885. The van der Waals surface area contributed by atoms with Crippen molar-refractivity contribution in [3.63, 3.8) is 0 Å². The summed E-state index contributed by atoms with van der Waals surface area (Å²) in [4.78, 5) is 11.1. The quantitative estimate of drug-likeness (QED) is 0.644. The van der Waals surface area contributed by atoms with Gasteiger partial charge in [0.05, 0.1) is 14.2 Å². The molecule has 0 bridgehead atoms. The van der Waals surface area contributed by atoms with E-state index in [2.05, 4.69) is 10.8 Å². The maximum Gasteiger partial charge on any atom is 0.305 e. The summed E-state index contributed by atoms with van der Waals surface area (Å²) in [6.45, 7) is 5.79. The SMILES string of the molecule is COC(=O)CC/C(C)=C/Cc1cc(O)c(C)c(C)c1OC. The number of ether oxygens (including phenoxy) is 2. The summed E-state index contributed by atoms with van der Waals surface area (Å²) in [5.41, 5.74) is 3.84. The molecule has 1 N–H and O–H groups in total. The molecule has 0 heterocycles. The number of esters is 1. The van der Waals surface area contributed by atoms with Gasteiger partial charge in [0.1, 0.15) is 11.5 Å². The van der Waals surface area contributed by atoms with Crippen LogP contribution >= 0.6 is 0 Å². The van der Waals surface area contributed by atoms with Crippen LogP contribution in [0.1, 0.15) is 36.5 Å². The molecule has 0 aromatic heterocycles. The first-order valence-electron chi connectivity index (χ1n) is 6.99. The van der Waals surface area contributed by atoms with Crippen molar-refractivity contribution in [1.82, 2.24) is 0 Å². The Morgan fingerprint density at radius 2 is 1.90 bits per heavy atom. The van der Waals surface area contributed by atoms with Gasteiger partial charge in [-0.05, 0) is 50.8 Å². The predicted octanol–water partition coefficient (Wildman–Crippen LogP) is 3.46. The lowest BCUT2D eigenvalue weighted by Gasteiger charge is -2.14. The van der Waals surface area contributed by atoms with Crippen LogP contribution in [0.3, 0.4) is 0 Å². The Balaban J connectivity index is 2.86. The Morgan fingerprint density at radius 1 is 1.24 bits per heavy atom. The number of phenolic OH excluding ortho intramolecular Hbond substituents is 1. The number of hydrogen-bond donors (Lipinski definition) is 1. The molecule has 0 aliphatic carbocycles. The lowest BCUT2D eigenvalue weighted by molar-refractivity contribution is -0.140. The van der Waals surface area contributed by atoms with Crippen molar-refractivity contribution in [2.24, 2.45) is 0 Å². The van der Waals surface area contributed by atoms with E-state index in [1.807, 2.05) is 20.8 Å². The van der Waals surface area contributed by atoms with Gasteiger partial charge >= 0.3 is 5.97 Å². The van der Waals surface area contributed by atoms with E-state index < -0.39 is 0 Å². The number of carbonyl (C=O) groups excluding carboxylic acids is 1. The summed E-state index contributed by atoms with van der Waals surface area (Å²) in [7, 11) is 3.03. The van der Waals surface area contributed by atoms with E-state index in [4.69, 9.17) is 4.74 Å². The zero-order valence-electron chi connectivity index (χ0n) is 13.4. The molecule has 0 spiro atoms. The summed E-state index contributed by atoms with van der Waals surface area (Å²) in [6, 6.07) is 1.74. The first kappa shape index (κ1) is 17.1. The molecule has 4 nitrogen and oxygen atoms in total. The van der Waals surface area contributed by atoms with Gasteiger partial charge < -0.3 is 14.6 Å². The van der Waals surface area contributed by atoms with E-state index in [-0.39, 0.29) is 11.7 Å². The van der Waals surface area contributed by atoms with Crippen LogP contribution in [0, 0.1) is 13.8 Å². The zero-order valence-corrected chi connectivity index (χ0v) is 13.4. The van der Waals surface area contributed by atoms with Crippen LogP contribution < -0.4 is 4.74 Å². The third-order valence-corrected chi connectivity index (χ3v) is 3.72. The molecule has 0 unspecified atom stereocenters. The van der Waals surface area contributed by atoms with E-state index >= 15 is 0 Å². The fraction of sp³-hybridized carbons (Fsp3) is 0.471.